The van der Waals surface area contributed by atoms with Crippen LogP contribution in [0.15, 0.2) is 0 Å². The number of Topliss-reactive ketones (excluding diaryl/α,β-unsaturated/α-hetero) is 1. The van der Waals surface area contributed by atoms with Crippen molar-refractivity contribution >= 4 is 11.8 Å². The lowest BCUT2D eigenvalue weighted by molar-refractivity contribution is -0.278. The Labute approximate surface area is 365 Å². The lowest BCUT2D eigenvalue weighted by Gasteiger charge is -2.16. The van der Waals surface area contributed by atoms with Gasteiger partial charge in [0.2, 0.25) is 0 Å². The fraction of sp³-hybridized carbons (Fsp3) is 0.963. The minimum atomic E-state index is -0.251. The average molecular weight is 819 g/mol. The fourth-order valence-corrected chi connectivity index (χ4v) is 8.69. The average Bonchev–Trinajstić information content (AvgIpc) is 3.22. The predicted octanol–water partition coefficient (Wildman–Crippen LogP) is 19.0. The van der Waals surface area contributed by atoms with Gasteiger partial charge in [-0.2, -0.15) is 4.89 Å². The first-order valence-electron chi connectivity index (χ1n) is 27.0. The Bertz CT molecular complexity index is 796. The van der Waals surface area contributed by atoms with Gasteiger partial charge in [-0.05, 0) is 25.2 Å². The predicted molar refractivity (Wildman–Crippen MR) is 255 cm³/mol. The minimum Gasteiger partial charge on any atom is -0.300 e. The van der Waals surface area contributed by atoms with E-state index in [9.17, 15) is 9.59 Å². The number of hydrogen-bond donors (Lipinski definition) is 0. The summed E-state index contributed by atoms with van der Waals surface area (Å²) in [5.41, 5.74) is 0. The molecule has 0 aromatic carbocycles. The second kappa shape index (κ2) is 50.5. The molecule has 0 fully saturated rings. The summed E-state index contributed by atoms with van der Waals surface area (Å²) in [6.07, 6.45) is 60.0. The molecule has 0 aliphatic heterocycles. The van der Waals surface area contributed by atoms with Gasteiger partial charge in [0.05, 0.1) is 6.61 Å². The van der Waals surface area contributed by atoms with Crippen LogP contribution < -0.4 is 0 Å². The largest absolute Gasteiger partial charge is 0.342 e. The molecule has 4 nitrogen and oxygen atoms in total. The Kier molecular flexibility index (Phi) is 49.7. The van der Waals surface area contributed by atoms with Crippen molar-refractivity contribution in [2.24, 2.45) is 5.92 Å². The van der Waals surface area contributed by atoms with Crippen molar-refractivity contribution in [1.82, 2.24) is 0 Å². The zero-order chi connectivity index (χ0) is 42.1. The SMILES string of the molecule is CCCCCCCCCCCCCCCCCC(=O)OOCC(CCCCCCCCCCCCCCCC)CC(=O)CCCCCCCCCCCCCCCC. The summed E-state index contributed by atoms with van der Waals surface area (Å²) in [5.74, 6) is 0.260. The van der Waals surface area contributed by atoms with Gasteiger partial charge >= 0.3 is 5.97 Å². The molecule has 0 spiro atoms. The second-order valence-corrected chi connectivity index (χ2v) is 18.8. The molecule has 346 valence electrons. The molecule has 0 aliphatic rings. The summed E-state index contributed by atoms with van der Waals surface area (Å²) in [6, 6.07) is 0. The third-order valence-electron chi connectivity index (χ3n) is 12.7. The Morgan fingerprint density at radius 3 is 0.897 bits per heavy atom. The second-order valence-electron chi connectivity index (χ2n) is 18.8. The third-order valence-corrected chi connectivity index (χ3v) is 12.7. The molecule has 1 atom stereocenters. The van der Waals surface area contributed by atoms with Crippen LogP contribution in [0.25, 0.3) is 0 Å². The van der Waals surface area contributed by atoms with Gasteiger partial charge in [-0.25, -0.2) is 4.79 Å². The molecule has 0 bridgehead atoms. The number of rotatable bonds is 51. The smallest absolute Gasteiger partial charge is 0.300 e. The van der Waals surface area contributed by atoms with Gasteiger partial charge in [0.25, 0.3) is 0 Å². The van der Waals surface area contributed by atoms with Crippen molar-refractivity contribution in [3.05, 3.63) is 0 Å². The van der Waals surface area contributed by atoms with E-state index in [2.05, 4.69) is 20.8 Å². The number of unbranched alkanes of at least 4 members (excludes halogenated alkanes) is 40. The molecule has 0 radical (unpaired) electrons. The van der Waals surface area contributed by atoms with Crippen LogP contribution in [-0.4, -0.2) is 18.4 Å². The van der Waals surface area contributed by atoms with Gasteiger partial charge in [0.1, 0.15) is 5.78 Å². The highest BCUT2D eigenvalue weighted by Crippen LogP contribution is 2.21. The van der Waals surface area contributed by atoms with Crippen molar-refractivity contribution in [2.75, 3.05) is 6.61 Å². The maximum Gasteiger partial charge on any atom is 0.342 e. The molecule has 0 aromatic rings. The normalized spacial score (nSPS) is 12.1. The zero-order valence-electron chi connectivity index (χ0n) is 40.2. The van der Waals surface area contributed by atoms with Gasteiger partial charge in [-0.1, -0.05) is 284 Å². The van der Waals surface area contributed by atoms with E-state index in [1.54, 1.807) is 0 Å². The summed E-state index contributed by atoms with van der Waals surface area (Å²) in [4.78, 5) is 36.2. The highest BCUT2D eigenvalue weighted by molar-refractivity contribution is 5.78. The quantitative estimate of drug-likeness (QED) is 0.0348. The van der Waals surface area contributed by atoms with Gasteiger partial charge in [0, 0.05) is 19.3 Å². The monoisotopic (exact) mass is 819 g/mol. The van der Waals surface area contributed by atoms with Crippen LogP contribution in [0.5, 0.6) is 0 Å². The van der Waals surface area contributed by atoms with E-state index in [0.717, 1.165) is 32.1 Å². The molecule has 0 aliphatic carbocycles. The molecular formula is C54H106O4. The molecule has 0 amide bonds. The first-order chi connectivity index (χ1) is 28.6. The molecular weight excluding hydrogens is 713 g/mol. The van der Waals surface area contributed by atoms with E-state index in [0.29, 0.717) is 31.7 Å². The molecule has 0 heterocycles. The lowest BCUT2D eigenvalue weighted by Crippen LogP contribution is -2.17. The Hall–Kier alpha value is -0.900. The van der Waals surface area contributed by atoms with E-state index in [1.807, 2.05) is 0 Å². The van der Waals surface area contributed by atoms with Crippen LogP contribution in [0.3, 0.4) is 0 Å². The summed E-state index contributed by atoms with van der Waals surface area (Å²) >= 11 is 0. The van der Waals surface area contributed by atoms with E-state index in [-0.39, 0.29) is 11.9 Å². The Morgan fingerprint density at radius 1 is 0.328 bits per heavy atom. The maximum atomic E-state index is 13.0. The number of hydrogen-bond acceptors (Lipinski definition) is 4. The summed E-state index contributed by atoms with van der Waals surface area (Å²) < 4.78 is 0. The van der Waals surface area contributed by atoms with Crippen molar-refractivity contribution in [2.45, 2.75) is 323 Å². The van der Waals surface area contributed by atoms with Crippen LogP contribution >= 0.6 is 0 Å². The van der Waals surface area contributed by atoms with E-state index >= 15 is 0 Å². The molecule has 58 heavy (non-hydrogen) atoms. The van der Waals surface area contributed by atoms with Gasteiger partial charge in [-0.3, -0.25) is 9.68 Å². The lowest BCUT2D eigenvalue weighted by atomic mass is 9.94. The van der Waals surface area contributed by atoms with E-state index in [4.69, 9.17) is 9.78 Å². The zero-order valence-corrected chi connectivity index (χ0v) is 40.2. The number of carbonyl (C=O) groups is 2. The van der Waals surface area contributed by atoms with Crippen LogP contribution in [0.4, 0.5) is 0 Å². The molecule has 4 heteroatoms. The first-order valence-corrected chi connectivity index (χ1v) is 27.0. The van der Waals surface area contributed by atoms with Crippen LogP contribution in [0, 0.1) is 5.92 Å². The van der Waals surface area contributed by atoms with Gasteiger partial charge in [-0.15, -0.1) is 0 Å². The summed E-state index contributed by atoms with van der Waals surface area (Å²) in [6.45, 7) is 7.22. The number of carbonyl (C=O) groups excluding carboxylic acids is 2. The molecule has 0 saturated carbocycles. The van der Waals surface area contributed by atoms with Gasteiger partial charge in [0.15, 0.2) is 0 Å². The van der Waals surface area contributed by atoms with Crippen LogP contribution in [0.1, 0.15) is 323 Å². The van der Waals surface area contributed by atoms with Crippen molar-refractivity contribution < 1.29 is 19.4 Å². The first kappa shape index (κ1) is 57.1. The molecule has 0 rings (SSSR count). The molecule has 1 unspecified atom stereocenters. The Morgan fingerprint density at radius 2 is 0.586 bits per heavy atom. The summed E-state index contributed by atoms with van der Waals surface area (Å²) in [5, 5.41) is 0. The third kappa shape index (κ3) is 47.8. The number of ketones is 1. The highest BCUT2D eigenvalue weighted by atomic mass is 17.2. The van der Waals surface area contributed by atoms with E-state index in [1.165, 1.54) is 250 Å². The highest BCUT2D eigenvalue weighted by Gasteiger charge is 2.16. The van der Waals surface area contributed by atoms with Crippen LogP contribution in [0.2, 0.25) is 0 Å². The Balaban J connectivity index is 4.16. The maximum absolute atomic E-state index is 13.0. The fourth-order valence-electron chi connectivity index (χ4n) is 8.69. The molecule has 0 aromatic heterocycles. The molecule has 0 N–H and O–H groups in total. The van der Waals surface area contributed by atoms with Crippen molar-refractivity contribution in [1.29, 1.82) is 0 Å². The summed E-state index contributed by atoms with van der Waals surface area (Å²) in [7, 11) is 0. The minimum absolute atomic E-state index is 0.148. The standard InChI is InChI=1S/C54H106O4/c1-4-7-10-13-16-19-22-25-28-31-34-37-40-43-46-49-54(56)58-57-51-52(47-44-41-38-35-32-29-26-23-20-17-14-11-8-5-2)50-53(55)48-45-42-39-36-33-30-27-24-21-18-15-12-9-6-3/h52H,4-51H2,1-3H3. The van der Waals surface area contributed by atoms with Gasteiger partial charge < -0.3 is 0 Å². The van der Waals surface area contributed by atoms with Crippen LogP contribution in [-0.2, 0) is 19.4 Å². The topological polar surface area (TPSA) is 52.6 Å². The molecule has 0 saturated heterocycles. The van der Waals surface area contributed by atoms with Crippen molar-refractivity contribution in [3.63, 3.8) is 0 Å². The van der Waals surface area contributed by atoms with E-state index < -0.39 is 0 Å². The van der Waals surface area contributed by atoms with Crippen molar-refractivity contribution in [3.8, 4) is 0 Å².